The van der Waals surface area contributed by atoms with Crippen molar-refractivity contribution in [2.45, 2.75) is 135 Å². The van der Waals surface area contributed by atoms with Gasteiger partial charge in [0.2, 0.25) is 0 Å². The van der Waals surface area contributed by atoms with E-state index in [-0.39, 0.29) is 6.42 Å². The Morgan fingerprint density at radius 2 is 1.19 bits per heavy atom. The summed E-state index contributed by atoms with van der Waals surface area (Å²) in [6.07, 6.45) is 26.6. The molecule has 3 N–H and O–H groups in total. The molecular formula is C26H48O5. The second-order valence-corrected chi connectivity index (χ2v) is 8.55. The summed E-state index contributed by atoms with van der Waals surface area (Å²) >= 11 is 0. The monoisotopic (exact) mass is 440 g/mol. The van der Waals surface area contributed by atoms with Gasteiger partial charge in [-0.25, -0.2) is 4.79 Å². The number of rotatable bonds is 21. The van der Waals surface area contributed by atoms with Crippen molar-refractivity contribution >= 4 is 5.97 Å². The maximum absolute atomic E-state index is 11.6. The van der Waals surface area contributed by atoms with Crippen LogP contribution in [0.1, 0.15) is 123 Å². The Morgan fingerprint density at radius 1 is 0.742 bits per heavy atom. The van der Waals surface area contributed by atoms with Gasteiger partial charge in [-0.05, 0) is 19.3 Å². The van der Waals surface area contributed by atoms with E-state index >= 15 is 0 Å². The van der Waals surface area contributed by atoms with Crippen LogP contribution in [0.15, 0.2) is 24.3 Å². The van der Waals surface area contributed by atoms with Crippen LogP contribution >= 0.6 is 0 Å². The van der Waals surface area contributed by atoms with Gasteiger partial charge >= 0.3 is 11.9 Å². The zero-order chi connectivity index (χ0) is 23.2. The van der Waals surface area contributed by atoms with Crippen LogP contribution in [0.2, 0.25) is 0 Å². The second kappa shape index (κ2) is 20.7. The first-order valence-electron chi connectivity index (χ1n) is 12.6. The standard InChI is InChI=1S/C26H48O5/c1-3-5-6-7-8-9-10-11-12-13-14-15-16-17-18-19-20-21-22-23-25(27)31-24(4-2)26(28,29)30/h20-24,28-30H,3-19H2,1-2H3. The number of carbonyl (C=O) groups excluding carboxylic acids is 1. The van der Waals surface area contributed by atoms with Crippen LogP contribution in [0.4, 0.5) is 0 Å². The van der Waals surface area contributed by atoms with Gasteiger partial charge in [0.05, 0.1) is 0 Å². The van der Waals surface area contributed by atoms with Gasteiger partial charge in [-0.2, -0.15) is 0 Å². The molecule has 0 aromatic heterocycles. The van der Waals surface area contributed by atoms with Crippen molar-refractivity contribution in [1.82, 2.24) is 0 Å². The smallest absolute Gasteiger partial charge is 0.331 e. The maximum Gasteiger partial charge on any atom is 0.331 e. The van der Waals surface area contributed by atoms with Gasteiger partial charge in [-0.1, -0.05) is 122 Å². The molecule has 0 aliphatic heterocycles. The molecule has 0 aromatic carbocycles. The second-order valence-electron chi connectivity index (χ2n) is 8.55. The third kappa shape index (κ3) is 20.5. The van der Waals surface area contributed by atoms with Gasteiger partial charge in [0.15, 0.2) is 6.10 Å². The lowest BCUT2D eigenvalue weighted by molar-refractivity contribution is -0.355. The Hall–Kier alpha value is -1.17. The summed E-state index contributed by atoms with van der Waals surface area (Å²) in [5.41, 5.74) is 0. The highest BCUT2D eigenvalue weighted by Gasteiger charge is 2.33. The number of unbranched alkanes of at least 4 members (excludes halogenated alkanes) is 15. The molecule has 0 radical (unpaired) electrons. The lowest BCUT2D eigenvalue weighted by atomic mass is 10.0. The first-order valence-corrected chi connectivity index (χ1v) is 12.6. The molecule has 31 heavy (non-hydrogen) atoms. The fraction of sp³-hybridized carbons (Fsp3) is 0.808. The van der Waals surface area contributed by atoms with Gasteiger partial charge in [-0.15, -0.1) is 0 Å². The molecule has 1 unspecified atom stereocenters. The highest BCUT2D eigenvalue weighted by Crippen LogP contribution is 2.14. The average molecular weight is 441 g/mol. The number of allylic oxidation sites excluding steroid dienone is 3. The van der Waals surface area contributed by atoms with Gasteiger partial charge in [-0.3, -0.25) is 0 Å². The zero-order valence-corrected chi connectivity index (χ0v) is 20.1. The molecular weight excluding hydrogens is 392 g/mol. The van der Waals surface area contributed by atoms with Gasteiger partial charge in [0, 0.05) is 6.08 Å². The SMILES string of the molecule is CCCCCCCCCCCCCCCCCC=CC=CC(=O)OC(CC)C(O)(O)O. The van der Waals surface area contributed by atoms with E-state index in [4.69, 9.17) is 20.1 Å². The Bertz CT molecular complexity index is 465. The van der Waals surface area contributed by atoms with Crippen molar-refractivity contribution in [3.63, 3.8) is 0 Å². The molecule has 0 aliphatic rings. The third-order valence-corrected chi connectivity index (χ3v) is 5.52. The molecule has 0 aromatic rings. The largest absolute Gasteiger partial charge is 0.451 e. The van der Waals surface area contributed by atoms with E-state index in [0.717, 1.165) is 12.8 Å². The van der Waals surface area contributed by atoms with Crippen LogP contribution in [0, 0.1) is 0 Å². The summed E-state index contributed by atoms with van der Waals surface area (Å²) in [5.74, 6) is -3.73. The first kappa shape index (κ1) is 29.8. The van der Waals surface area contributed by atoms with Crippen LogP contribution in [-0.4, -0.2) is 33.4 Å². The van der Waals surface area contributed by atoms with Gasteiger partial charge in [0.1, 0.15) is 0 Å². The van der Waals surface area contributed by atoms with Crippen LogP contribution in [0.3, 0.4) is 0 Å². The number of carbonyl (C=O) groups is 1. The lowest BCUT2D eigenvalue weighted by Gasteiger charge is -2.23. The molecule has 0 aliphatic carbocycles. The van der Waals surface area contributed by atoms with Crippen molar-refractivity contribution < 1.29 is 24.9 Å². The van der Waals surface area contributed by atoms with E-state index in [9.17, 15) is 4.79 Å². The van der Waals surface area contributed by atoms with E-state index in [1.807, 2.05) is 6.08 Å². The number of aliphatic hydroxyl groups is 3. The Labute approximate surface area is 190 Å². The molecule has 0 bridgehead atoms. The van der Waals surface area contributed by atoms with E-state index in [1.165, 1.54) is 96.0 Å². The van der Waals surface area contributed by atoms with Crippen LogP contribution in [0.25, 0.3) is 0 Å². The first-order chi connectivity index (χ1) is 14.9. The number of esters is 1. The number of ether oxygens (including phenoxy) is 1. The van der Waals surface area contributed by atoms with E-state index in [2.05, 4.69) is 6.92 Å². The van der Waals surface area contributed by atoms with Crippen molar-refractivity contribution in [2.24, 2.45) is 0 Å². The maximum atomic E-state index is 11.6. The predicted octanol–water partition coefficient (Wildman–Crippen LogP) is 6.31. The van der Waals surface area contributed by atoms with E-state index < -0.39 is 18.0 Å². The normalized spacial score (nSPS) is 13.3. The van der Waals surface area contributed by atoms with Crippen molar-refractivity contribution in [3.8, 4) is 0 Å². The summed E-state index contributed by atoms with van der Waals surface area (Å²) in [6.45, 7) is 3.85. The van der Waals surface area contributed by atoms with Crippen molar-refractivity contribution in [2.75, 3.05) is 0 Å². The molecule has 0 saturated heterocycles. The van der Waals surface area contributed by atoms with Gasteiger partial charge in [0.25, 0.3) is 0 Å². The average Bonchev–Trinajstić information content (AvgIpc) is 2.72. The highest BCUT2D eigenvalue weighted by atomic mass is 16.7. The molecule has 1 atom stereocenters. The molecule has 0 fully saturated rings. The van der Waals surface area contributed by atoms with Crippen molar-refractivity contribution in [3.05, 3.63) is 24.3 Å². The predicted molar refractivity (Wildman–Crippen MR) is 127 cm³/mol. The fourth-order valence-corrected chi connectivity index (χ4v) is 3.56. The number of hydrogen-bond acceptors (Lipinski definition) is 5. The Balaban J connectivity index is 3.46. The van der Waals surface area contributed by atoms with Crippen LogP contribution in [0.5, 0.6) is 0 Å². The summed E-state index contributed by atoms with van der Waals surface area (Å²) in [4.78, 5) is 11.6. The minimum Gasteiger partial charge on any atom is -0.451 e. The number of hydrogen-bond donors (Lipinski definition) is 3. The summed E-state index contributed by atoms with van der Waals surface area (Å²) in [5, 5.41) is 27.2. The topological polar surface area (TPSA) is 87.0 Å². The summed E-state index contributed by atoms with van der Waals surface area (Å²) in [6, 6.07) is 0. The van der Waals surface area contributed by atoms with Gasteiger partial charge < -0.3 is 20.1 Å². The molecule has 0 amide bonds. The summed E-state index contributed by atoms with van der Waals surface area (Å²) in [7, 11) is 0. The zero-order valence-electron chi connectivity index (χ0n) is 20.1. The Morgan fingerprint density at radius 3 is 1.61 bits per heavy atom. The quantitative estimate of drug-likeness (QED) is 0.0640. The Kier molecular flexibility index (Phi) is 19.9. The molecule has 5 heteroatoms. The molecule has 182 valence electrons. The van der Waals surface area contributed by atoms with E-state index in [0.29, 0.717) is 0 Å². The van der Waals surface area contributed by atoms with Crippen LogP contribution < -0.4 is 0 Å². The lowest BCUT2D eigenvalue weighted by Crippen LogP contribution is -2.44. The molecule has 0 heterocycles. The molecule has 0 saturated carbocycles. The minimum atomic E-state index is -3.01. The van der Waals surface area contributed by atoms with Crippen LogP contribution in [-0.2, 0) is 9.53 Å². The summed E-state index contributed by atoms with van der Waals surface area (Å²) < 4.78 is 4.79. The fourth-order valence-electron chi connectivity index (χ4n) is 3.56. The highest BCUT2D eigenvalue weighted by molar-refractivity contribution is 5.82. The van der Waals surface area contributed by atoms with E-state index in [1.54, 1.807) is 19.1 Å². The molecule has 5 nitrogen and oxygen atoms in total. The van der Waals surface area contributed by atoms with Crippen molar-refractivity contribution in [1.29, 1.82) is 0 Å². The minimum absolute atomic E-state index is 0.0954. The molecule has 0 spiro atoms. The third-order valence-electron chi connectivity index (χ3n) is 5.52. The molecule has 0 rings (SSSR count).